The normalized spacial score (nSPS) is 10.0. The van der Waals surface area contributed by atoms with E-state index in [-0.39, 0.29) is 11.5 Å². The summed E-state index contributed by atoms with van der Waals surface area (Å²) in [5.41, 5.74) is 0.714. The minimum atomic E-state index is -0.378. The fourth-order valence-corrected chi connectivity index (χ4v) is 1.35. The van der Waals surface area contributed by atoms with Crippen LogP contribution in [0.15, 0.2) is 18.2 Å². The Hall–Kier alpha value is -0.800. The highest BCUT2D eigenvalue weighted by Gasteiger charge is 2.04. The van der Waals surface area contributed by atoms with E-state index < -0.39 is 0 Å². The maximum Gasteiger partial charge on any atom is 0.207 e. The number of nitrogens with zero attached hydrogens (tertiary/aromatic N) is 1. The largest absolute Gasteiger partial charge is 0.265 e. The second-order valence-corrected chi connectivity index (χ2v) is 3.39. The Labute approximate surface area is 85.4 Å². The highest BCUT2D eigenvalue weighted by Crippen LogP contribution is 2.20. The standard InChI is InChI=1S/C8H7Cl2NO2/c9-7-1-2-8(10)6(5-7)3-4-11(12)13/h1-2,5H,3-4H2. The molecule has 1 aromatic carbocycles. The molecular formula is C8H7Cl2NO2. The summed E-state index contributed by atoms with van der Waals surface area (Å²) >= 11 is 11.5. The Balaban J connectivity index is 2.75. The van der Waals surface area contributed by atoms with Crippen molar-refractivity contribution in [1.82, 2.24) is 0 Å². The van der Waals surface area contributed by atoms with Crippen molar-refractivity contribution >= 4 is 23.2 Å². The molecule has 1 rings (SSSR count). The zero-order chi connectivity index (χ0) is 9.84. The van der Waals surface area contributed by atoms with E-state index in [0.29, 0.717) is 22.0 Å². The van der Waals surface area contributed by atoms with Gasteiger partial charge in [-0.25, -0.2) is 0 Å². The summed E-state index contributed by atoms with van der Waals surface area (Å²) in [6.07, 6.45) is 0.312. The van der Waals surface area contributed by atoms with Crippen molar-refractivity contribution in [3.63, 3.8) is 0 Å². The molecular weight excluding hydrogens is 213 g/mol. The lowest BCUT2D eigenvalue weighted by atomic mass is 10.1. The second-order valence-electron chi connectivity index (χ2n) is 2.54. The predicted molar refractivity (Wildman–Crippen MR) is 52.0 cm³/mol. The van der Waals surface area contributed by atoms with Gasteiger partial charge in [0.15, 0.2) is 0 Å². The van der Waals surface area contributed by atoms with Crippen molar-refractivity contribution < 1.29 is 4.92 Å². The van der Waals surface area contributed by atoms with Crippen LogP contribution in [0.5, 0.6) is 0 Å². The van der Waals surface area contributed by atoms with Gasteiger partial charge < -0.3 is 0 Å². The molecule has 0 bridgehead atoms. The number of benzene rings is 1. The van der Waals surface area contributed by atoms with E-state index in [4.69, 9.17) is 23.2 Å². The van der Waals surface area contributed by atoms with Crippen molar-refractivity contribution in [2.45, 2.75) is 6.42 Å². The fourth-order valence-electron chi connectivity index (χ4n) is 0.947. The van der Waals surface area contributed by atoms with Crippen molar-refractivity contribution in [3.8, 4) is 0 Å². The van der Waals surface area contributed by atoms with E-state index in [1.54, 1.807) is 18.2 Å². The van der Waals surface area contributed by atoms with Gasteiger partial charge in [0, 0.05) is 21.4 Å². The van der Waals surface area contributed by atoms with Crippen LogP contribution in [0, 0.1) is 10.1 Å². The molecule has 0 saturated heterocycles. The summed E-state index contributed by atoms with van der Waals surface area (Å²) in [5.74, 6) is 0. The molecule has 0 aromatic heterocycles. The number of hydrogen-bond donors (Lipinski definition) is 0. The summed E-state index contributed by atoms with van der Waals surface area (Å²) in [7, 11) is 0. The van der Waals surface area contributed by atoms with Gasteiger partial charge in [-0.3, -0.25) is 10.1 Å². The molecule has 0 heterocycles. The number of nitro groups is 1. The average Bonchev–Trinajstić information content (AvgIpc) is 2.06. The summed E-state index contributed by atoms with van der Waals surface area (Å²) < 4.78 is 0. The van der Waals surface area contributed by atoms with E-state index in [0.717, 1.165) is 0 Å². The van der Waals surface area contributed by atoms with Gasteiger partial charge in [-0.1, -0.05) is 23.2 Å². The smallest absolute Gasteiger partial charge is 0.207 e. The Kier molecular flexibility index (Phi) is 3.51. The third kappa shape index (κ3) is 3.20. The Morgan fingerprint density at radius 1 is 1.38 bits per heavy atom. The van der Waals surface area contributed by atoms with Crippen LogP contribution in [-0.2, 0) is 6.42 Å². The lowest BCUT2D eigenvalue weighted by Crippen LogP contribution is -2.04. The van der Waals surface area contributed by atoms with Crippen molar-refractivity contribution in [2.75, 3.05) is 6.54 Å². The van der Waals surface area contributed by atoms with Crippen LogP contribution in [0.3, 0.4) is 0 Å². The third-order valence-electron chi connectivity index (χ3n) is 1.57. The van der Waals surface area contributed by atoms with Crippen LogP contribution >= 0.6 is 23.2 Å². The molecule has 0 spiro atoms. The van der Waals surface area contributed by atoms with E-state index in [1.165, 1.54) is 0 Å². The average molecular weight is 220 g/mol. The van der Waals surface area contributed by atoms with Crippen molar-refractivity contribution in [1.29, 1.82) is 0 Å². The third-order valence-corrected chi connectivity index (χ3v) is 2.18. The van der Waals surface area contributed by atoms with Gasteiger partial charge in [0.2, 0.25) is 6.54 Å². The summed E-state index contributed by atoms with van der Waals surface area (Å²) in [6, 6.07) is 4.94. The minimum Gasteiger partial charge on any atom is -0.265 e. The zero-order valence-electron chi connectivity index (χ0n) is 6.67. The van der Waals surface area contributed by atoms with Crippen LogP contribution < -0.4 is 0 Å². The van der Waals surface area contributed by atoms with Gasteiger partial charge in [0.25, 0.3) is 0 Å². The van der Waals surface area contributed by atoms with Crippen LogP contribution in [0.4, 0.5) is 0 Å². The second kappa shape index (κ2) is 4.44. The van der Waals surface area contributed by atoms with Crippen LogP contribution in [0.25, 0.3) is 0 Å². The molecule has 70 valence electrons. The minimum absolute atomic E-state index is 0.125. The van der Waals surface area contributed by atoms with Crippen LogP contribution in [0.1, 0.15) is 5.56 Å². The van der Waals surface area contributed by atoms with E-state index >= 15 is 0 Å². The highest BCUT2D eigenvalue weighted by atomic mass is 35.5. The summed E-state index contributed by atoms with van der Waals surface area (Å²) in [5, 5.41) is 11.2. The summed E-state index contributed by atoms with van der Waals surface area (Å²) in [4.78, 5) is 9.72. The molecule has 5 heteroatoms. The molecule has 0 saturated carbocycles. The first kappa shape index (κ1) is 10.3. The lowest BCUT2D eigenvalue weighted by Gasteiger charge is -2.00. The van der Waals surface area contributed by atoms with E-state index in [2.05, 4.69) is 0 Å². The molecule has 0 unspecified atom stereocenters. The number of hydrogen-bond acceptors (Lipinski definition) is 2. The van der Waals surface area contributed by atoms with Crippen LogP contribution in [-0.4, -0.2) is 11.5 Å². The number of halogens is 2. The Morgan fingerprint density at radius 2 is 2.08 bits per heavy atom. The number of rotatable bonds is 3. The van der Waals surface area contributed by atoms with Gasteiger partial charge in [0.05, 0.1) is 0 Å². The molecule has 0 N–H and O–H groups in total. The van der Waals surface area contributed by atoms with E-state index in [1.807, 2.05) is 0 Å². The molecule has 0 aliphatic carbocycles. The topological polar surface area (TPSA) is 43.1 Å². The van der Waals surface area contributed by atoms with Gasteiger partial charge in [-0.15, -0.1) is 0 Å². The Bertz CT molecular complexity index is 328. The first-order valence-electron chi connectivity index (χ1n) is 3.65. The molecule has 1 aromatic rings. The zero-order valence-corrected chi connectivity index (χ0v) is 8.18. The van der Waals surface area contributed by atoms with E-state index in [9.17, 15) is 10.1 Å². The highest BCUT2D eigenvalue weighted by molar-refractivity contribution is 6.33. The molecule has 0 radical (unpaired) electrons. The van der Waals surface area contributed by atoms with Crippen LogP contribution in [0.2, 0.25) is 10.0 Å². The first-order chi connectivity index (χ1) is 6.09. The molecule has 0 atom stereocenters. The van der Waals surface area contributed by atoms with Crippen molar-refractivity contribution in [3.05, 3.63) is 43.9 Å². The molecule has 0 fully saturated rings. The SMILES string of the molecule is O=[N+]([O-])CCc1cc(Cl)ccc1Cl. The van der Waals surface area contributed by atoms with Gasteiger partial charge >= 0.3 is 0 Å². The Morgan fingerprint density at radius 3 is 2.69 bits per heavy atom. The maximum absolute atomic E-state index is 10.1. The fraction of sp³-hybridized carbons (Fsp3) is 0.250. The molecule has 0 aliphatic heterocycles. The van der Waals surface area contributed by atoms with Gasteiger partial charge in [-0.05, 0) is 23.8 Å². The molecule has 13 heavy (non-hydrogen) atoms. The molecule has 0 aliphatic rings. The summed E-state index contributed by atoms with van der Waals surface area (Å²) in [6.45, 7) is -0.125. The van der Waals surface area contributed by atoms with Crippen molar-refractivity contribution in [2.24, 2.45) is 0 Å². The molecule has 3 nitrogen and oxygen atoms in total. The van der Waals surface area contributed by atoms with Gasteiger partial charge in [0.1, 0.15) is 0 Å². The molecule has 0 amide bonds. The first-order valence-corrected chi connectivity index (χ1v) is 4.41. The lowest BCUT2D eigenvalue weighted by molar-refractivity contribution is -0.479. The predicted octanol–water partition coefficient (Wildman–Crippen LogP) is 2.81. The van der Waals surface area contributed by atoms with Gasteiger partial charge in [-0.2, -0.15) is 0 Å². The monoisotopic (exact) mass is 219 g/mol. The quantitative estimate of drug-likeness (QED) is 0.580. The maximum atomic E-state index is 10.1.